The Kier molecular flexibility index (Phi) is 4.07. The number of aryl methyl sites for hydroxylation is 2. The third kappa shape index (κ3) is 2.45. The number of fused-ring (bicyclic) bond motifs is 1. The molecule has 18 heavy (non-hydrogen) atoms. The van der Waals surface area contributed by atoms with Crippen molar-refractivity contribution in [2.24, 2.45) is 5.92 Å². The third-order valence-corrected chi connectivity index (χ3v) is 4.71. The first-order chi connectivity index (χ1) is 8.54. The molecule has 0 aliphatic rings. The van der Waals surface area contributed by atoms with E-state index in [9.17, 15) is 0 Å². The minimum atomic E-state index is 0.226. The summed E-state index contributed by atoms with van der Waals surface area (Å²) in [4.78, 5) is 11.0. The van der Waals surface area contributed by atoms with Crippen molar-refractivity contribution in [3.05, 3.63) is 16.8 Å². The van der Waals surface area contributed by atoms with Crippen LogP contribution in [-0.2, 0) is 0 Å². The van der Waals surface area contributed by atoms with Gasteiger partial charge in [0.25, 0.3) is 0 Å². The summed E-state index contributed by atoms with van der Waals surface area (Å²) in [5, 5.41) is 4.58. The van der Waals surface area contributed by atoms with Crippen molar-refractivity contribution in [3.63, 3.8) is 0 Å². The number of aromatic nitrogens is 2. The standard InChI is InChI=1S/C13H18ClN3S/c1-7(2)10(5-14)17-12-11-8(3)9(4)18-13(11)16-6-15-12/h6-7,10H,5H2,1-4H3,(H,15,16,17). The Labute approximate surface area is 117 Å². The predicted octanol–water partition coefficient (Wildman–Crippen LogP) is 3.98. The Morgan fingerprint density at radius 2 is 2.06 bits per heavy atom. The van der Waals surface area contributed by atoms with Crippen molar-refractivity contribution >= 4 is 39.0 Å². The minimum Gasteiger partial charge on any atom is -0.365 e. The van der Waals surface area contributed by atoms with Crippen molar-refractivity contribution in [3.8, 4) is 0 Å². The van der Waals surface area contributed by atoms with Crippen LogP contribution in [-0.4, -0.2) is 21.9 Å². The maximum absolute atomic E-state index is 6.01. The molecule has 0 spiro atoms. The smallest absolute Gasteiger partial charge is 0.138 e. The minimum absolute atomic E-state index is 0.226. The molecule has 2 aromatic rings. The fourth-order valence-corrected chi connectivity index (χ4v) is 3.28. The molecule has 0 aromatic carbocycles. The molecule has 0 aliphatic carbocycles. The van der Waals surface area contributed by atoms with Crippen molar-refractivity contribution in [1.82, 2.24) is 9.97 Å². The molecule has 3 nitrogen and oxygen atoms in total. The summed E-state index contributed by atoms with van der Waals surface area (Å²) in [7, 11) is 0. The molecule has 1 N–H and O–H groups in total. The van der Waals surface area contributed by atoms with E-state index in [1.54, 1.807) is 17.7 Å². The molecule has 0 aliphatic heterocycles. The highest BCUT2D eigenvalue weighted by atomic mass is 35.5. The number of nitrogens with zero attached hydrogens (tertiary/aromatic N) is 2. The van der Waals surface area contributed by atoms with Gasteiger partial charge in [0.2, 0.25) is 0 Å². The zero-order chi connectivity index (χ0) is 13.3. The van der Waals surface area contributed by atoms with E-state index in [1.807, 2.05) is 0 Å². The number of hydrogen-bond acceptors (Lipinski definition) is 4. The van der Waals surface area contributed by atoms with E-state index >= 15 is 0 Å². The van der Waals surface area contributed by atoms with E-state index in [-0.39, 0.29) is 6.04 Å². The number of nitrogens with one attached hydrogen (secondary N) is 1. The van der Waals surface area contributed by atoms with Gasteiger partial charge in [0.1, 0.15) is 17.0 Å². The fraction of sp³-hybridized carbons (Fsp3) is 0.538. The van der Waals surface area contributed by atoms with Gasteiger partial charge in [-0.3, -0.25) is 0 Å². The number of rotatable bonds is 4. The average molecular weight is 284 g/mol. The molecule has 1 atom stereocenters. The molecule has 0 bridgehead atoms. The second kappa shape index (κ2) is 5.41. The summed E-state index contributed by atoms with van der Waals surface area (Å²) in [5.41, 5.74) is 1.26. The second-order valence-corrected chi connectivity index (χ2v) is 6.35. The number of hydrogen-bond donors (Lipinski definition) is 1. The first-order valence-corrected chi connectivity index (χ1v) is 7.43. The first kappa shape index (κ1) is 13.6. The highest BCUT2D eigenvalue weighted by Crippen LogP contribution is 2.33. The highest BCUT2D eigenvalue weighted by molar-refractivity contribution is 7.18. The summed E-state index contributed by atoms with van der Waals surface area (Å²) in [6.45, 7) is 8.55. The predicted molar refractivity (Wildman–Crippen MR) is 79.9 cm³/mol. The first-order valence-electron chi connectivity index (χ1n) is 6.07. The Bertz CT molecular complexity index is 550. The Morgan fingerprint density at radius 3 is 2.67 bits per heavy atom. The third-order valence-electron chi connectivity index (χ3n) is 3.26. The molecule has 0 fully saturated rings. The van der Waals surface area contributed by atoms with Crippen LogP contribution in [0.5, 0.6) is 0 Å². The van der Waals surface area contributed by atoms with Crippen LogP contribution in [0.25, 0.3) is 10.2 Å². The van der Waals surface area contributed by atoms with E-state index in [0.717, 1.165) is 16.0 Å². The molecule has 5 heteroatoms. The van der Waals surface area contributed by atoms with Gasteiger partial charge in [0.05, 0.1) is 5.39 Å². The number of anilines is 1. The van der Waals surface area contributed by atoms with Crippen LogP contribution >= 0.6 is 22.9 Å². The highest BCUT2D eigenvalue weighted by Gasteiger charge is 2.17. The zero-order valence-electron chi connectivity index (χ0n) is 11.1. The Morgan fingerprint density at radius 1 is 1.33 bits per heavy atom. The van der Waals surface area contributed by atoms with Gasteiger partial charge in [-0.2, -0.15) is 0 Å². The van der Waals surface area contributed by atoms with Gasteiger partial charge >= 0.3 is 0 Å². The molecule has 0 saturated carbocycles. The van der Waals surface area contributed by atoms with Crippen LogP contribution in [0.3, 0.4) is 0 Å². The Balaban J connectivity index is 2.44. The molecule has 0 saturated heterocycles. The van der Waals surface area contributed by atoms with Gasteiger partial charge in [-0.1, -0.05) is 13.8 Å². The van der Waals surface area contributed by atoms with E-state index in [1.165, 1.54) is 10.4 Å². The monoisotopic (exact) mass is 283 g/mol. The van der Waals surface area contributed by atoms with Crippen LogP contribution < -0.4 is 5.32 Å². The van der Waals surface area contributed by atoms with E-state index < -0.39 is 0 Å². The summed E-state index contributed by atoms with van der Waals surface area (Å²) < 4.78 is 0. The summed E-state index contributed by atoms with van der Waals surface area (Å²) in [5.74, 6) is 1.94. The lowest BCUT2D eigenvalue weighted by molar-refractivity contribution is 0.563. The van der Waals surface area contributed by atoms with Crippen LogP contribution in [0.1, 0.15) is 24.3 Å². The summed E-state index contributed by atoms with van der Waals surface area (Å²) >= 11 is 7.72. The summed E-state index contributed by atoms with van der Waals surface area (Å²) in [6.07, 6.45) is 1.62. The van der Waals surface area contributed by atoms with Crippen molar-refractivity contribution in [2.45, 2.75) is 33.7 Å². The fourth-order valence-electron chi connectivity index (χ4n) is 1.85. The average Bonchev–Trinajstić information content (AvgIpc) is 2.62. The maximum atomic E-state index is 6.01. The van der Waals surface area contributed by atoms with E-state index in [2.05, 4.69) is 43.0 Å². The molecule has 2 aromatic heterocycles. The lowest BCUT2D eigenvalue weighted by Crippen LogP contribution is -2.27. The topological polar surface area (TPSA) is 37.8 Å². The van der Waals surface area contributed by atoms with Crippen molar-refractivity contribution in [2.75, 3.05) is 11.2 Å². The Hall–Kier alpha value is -0.870. The second-order valence-electron chi connectivity index (χ2n) is 4.83. The van der Waals surface area contributed by atoms with E-state index in [4.69, 9.17) is 11.6 Å². The maximum Gasteiger partial charge on any atom is 0.138 e. The number of halogens is 1. The number of alkyl halides is 1. The molecule has 98 valence electrons. The molecule has 0 radical (unpaired) electrons. The van der Waals surface area contributed by atoms with E-state index in [0.29, 0.717) is 11.8 Å². The largest absolute Gasteiger partial charge is 0.365 e. The van der Waals surface area contributed by atoms with Crippen LogP contribution in [0.15, 0.2) is 6.33 Å². The normalized spacial score (nSPS) is 13.2. The molecule has 1 unspecified atom stereocenters. The van der Waals surface area contributed by atoms with Gasteiger partial charge < -0.3 is 5.32 Å². The number of thiophene rings is 1. The molecule has 2 rings (SSSR count). The summed E-state index contributed by atoms with van der Waals surface area (Å²) in [6, 6.07) is 0.226. The molecule has 2 heterocycles. The molecular formula is C13H18ClN3S. The van der Waals surface area contributed by atoms with Gasteiger partial charge in [-0.15, -0.1) is 22.9 Å². The molecule has 0 amide bonds. The van der Waals surface area contributed by atoms with Crippen LogP contribution in [0, 0.1) is 19.8 Å². The zero-order valence-corrected chi connectivity index (χ0v) is 12.7. The van der Waals surface area contributed by atoms with Crippen molar-refractivity contribution < 1.29 is 0 Å². The van der Waals surface area contributed by atoms with Crippen LogP contribution in [0.2, 0.25) is 0 Å². The van der Waals surface area contributed by atoms with Crippen LogP contribution in [0.4, 0.5) is 5.82 Å². The quantitative estimate of drug-likeness (QED) is 0.863. The van der Waals surface area contributed by atoms with Gasteiger partial charge in [-0.05, 0) is 25.3 Å². The lowest BCUT2D eigenvalue weighted by atomic mass is 10.1. The van der Waals surface area contributed by atoms with Crippen molar-refractivity contribution in [1.29, 1.82) is 0 Å². The SMILES string of the molecule is Cc1sc2ncnc(NC(CCl)C(C)C)c2c1C. The lowest BCUT2D eigenvalue weighted by Gasteiger charge is -2.20. The van der Waals surface area contributed by atoms with Gasteiger partial charge in [-0.25, -0.2) is 9.97 Å². The van der Waals surface area contributed by atoms with Gasteiger partial charge in [0, 0.05) is 16.8 Å². The van der Waals surface area contributed by atoms with Gasteiger partial charge in [0.15, 0.2) is 0 Å². The molecular weight excluding hydrogens is 266 g/mol.